The first-order chi connectivity index (χ1) is 17.7. The number of esters is 2. The van der Waals surface area contributed by atoms with Crippen molar-refractivity contribution in [3.05, 3.63) is 94.6 Å². The molecule has 0 radical (unpaired) electrons. The van der Waals surface area contributed by atoms with Crippen molar-refractivity contribution in [1.29, 1.82) is 0 Å². The van der Waals surface area contributed by atoms with Gasteiger partial charge in [0.15, 0.2) is 0 Å². The lowest BCUT2D eigenvalue weighted by Crippen LogP contribution is -2.03. The topological polar surface area (TPSA) is 113 Å². The lowest BCUT2D eigenvalue weighted by atomic mass is 10.0. The summed E-state index contributed by atoms with van der Waals surface area (Å²) in [6.45, 7) is 4.16. The Labute approximate surface area is 216 Å². The van der Waals surface area contributed by atoms with E-state index in [1.165, 1.54) is 29.8 Å². The van der Waals surface area contributed by atoms with E-state index in [1.54, 1.807) is 36.4 Å². The molecule has 0 fully saturated rings. The van der Waals surface area contributed by atoms with Gasteiger partial charge >= 0.3 is 11.9 Å². The van der Waals surface area contributed by atoms with Gasteiger partial charge in [-0.2, -0.15) is 0 Å². The van der Waals surface area contributed by atoms with E-state index in [2.05, 4.69) is 6.08 Å². The van der Waals surface area contributed by atoms with E-state index in [1.807, 2.05) is 19.9 Å². The molecule has 1 aliphatic heterocycles. The number of allylic oxidation sites excluding steroid dienone is 3. The minimum Gasteiger partial charge on any atom is -0.508 e. The van der Waals surface area contributed by atoms with Gasteiger partial charge in [-0.05, 0) is 93.2 Å². The van der Waals surface area contributed by atoms with Crippen LogP contribution in [0.5, 0.6) is 17.2 Å². The number of hydrogen-bond donors (Lipinski definition) is 3. The molecule has 2 aromatic rings. The predicted molar refractivity (Wildman–Crippen MR) is 141 cm³/mol. The molecule has 3 N–H and O–H groups in total. The first-order valence-corrected chi connectivity index (χ1v) is 12.1. The SMILES string of the molecule is C/C(=C\CCC1=CC(c2cc(O)ccc2O)OC1=O)CC/C=C(\C)COC(=O)/C=C/c1ccc(O)cc1. The number of aromatic hydroxyl groups is 3. The van der Waals surface area contributed by atoms with Gasteiger partial charge in [-0.15, -0.1) is 0 Å². The van der Waals surface area contributed by atoms with E-state index >= 15 is 0 Å². The molecule has 37 heavy (non-hydrogen) atoms. The molecule has 1 aliphatic rings. The maximum absolute atomic E-state index is 12.2. The first-order valence-electron chi connectivity index (χ1n) is 12.1. The highest BCUT2D eigenvalue weighted by Gasteiger charge is 2.28. The Morgan fingerprint density at radius 3 is 2.43 bits per heavy atom. The van der Waals surface area contributed by atoms with Gasteiger partial charge in [0.2, 0.25) is 0 Å². The fourth-order valence-corrected chi connectivity index (χ4v) is 3.75. The Morgan fingerprint density at radius 2 is 1.68 bits per heavy atom. The van der Waals surface area contributed by atoms with E-state index in [-0.39, 0.29) is 23.9 Å². The smallest absolute Gasteiger partial charge is 0.334 e. The standard InChI is InChI=1S/C30H32O7/c1-20(5-3-7-21(2)19-36-29(34)16-11-22-9-12-24(31)13-10-22)6-4-8-23-17-28(37-30(23)35)26-18-25(32)14-15-27(26)33/h6-7,9-18,28,31-33H,3-5,8,19H2,1-2H3/b16-11+,20-6+,21-7+. The van der Waals surface area contributed by atoms with Crippen LogP contribution in [-0.4, -0.2) is 33.9 Å². The number of rotatable bonds is 11. The maximum atomic E-state index is 12.2. The van der Waals surface area contributed by atoms with Gasteiger partial charge < -0.3 is 24.8 Å². The molecule has 0 saturated carbocycles. The molecule has 1 heterocycles. The summed E-state index contributed by atoms with van der Waals surface area (Å²) in [5.41, 5.74) is 3.84. The van der Waals surface area contributed by atoms with Gasteiger partial charge in [-0.3, -0.25) is 0 Å². The van der Waals surface area contributed by atoms with Gasteiger partial charge in [-0.25, -0.2) is 9.59 Å². The Morgan fingerprint density at radius 1 is 0.973 bits per heavy atom. The van der Waals surface area contributed by atoms with Gasteiger partial charge in [0.05, 0.1) is 0 Å². The van der Waals surface area contributed by atoms with Crippen molar-refractivity contribution < 1.29 is 34.4 Å². The molecule has 0 aliphatic carbocycles. The minimum atomic E-state index is -0.704. The quantitative estimate of drug-likeness (QED) is 0.148. The molecule has 0 spiro atoms. The van der Waals surface area contributed by atoms with Crippen molar-refractivity contribution in [2.75, 3.05) is 6.61 Å². The van der Waals surface area contributed by atoms with Gasteiger partial charge in [-0.1, -0.05) is 29.9 Å². The zero-order valence-electron chi connectivity index (χ0n) is 21.0. The Hall–Kier alpha value is -4.26. The van der Waals surface area contributed by atoms with Crippen LogP contribution < -0.4 is 0 Å². The Kier molecular flexibility index (Phi) is 9.72. The molecular formula is C30H32O7. The summed E-state index contributed by atoms with van der Waals surface area (Å²) in [7, 11) is 0. The molecular weight excluding hydrogens is 472 g/mol. The maximum Gasteiger partial charge on any atom is 0.334 e. The van der Waals surface area contributed by atoms with Crippen LogP contribution in [-0.2, 0) is 19.1 Å². The van der Waals surface area contributed by atoms with Crippen molar-refractivity contribution in [2.45, 2.75) is 45.6 Å². The first kappa shape index (κ1) is 27.3. The molecule has 1 atom stereocenters. The highest BCUT2D eigenvalue weighted by Crippen LogP contribution is 2.36. The molecule has 7 nitrogen and oxygen atoms in total. The zero-order chi connectivity index (χ0) is 26.8. The monoisotopic (exact) mass is 504 g/mol. The van der Waals surface area contributed by atoms with Crippen molar-refractivity contribution in [3.63, 3.8) is 0 Å². The molecule has 0 saturated heterocycles. The molecule has 194 valence electrons. The normalized spacial score (nSPS) is 16.1. The second-order valence-corrected chi connectivity index (χ2v) is 8.97. The zero-order valence-corrected chi connectivity index (χ0v) is 21.0. The molecule has 1 unspecified atom stereocenters. The molecule has 7 heteroatoms. The van der Waals surface area contributed by atoms with Crippen LogP contribution in [0.4, 0.5) is 0 Å². The molecule has 0 aromatic heterocycles. The Bertz CT molecular complexity index is 1230. The third kappa shape index (κ3) is 8.72. The third-order valence-electron chi connectivity index (χ3n) is 5.85. The van der Waals surface area contributed by atoms with Crippen LogP contribution in [0.2, 0.25) is 0 Å². The van der Waals surface area contributed by atoms with E-state index < -0.39 is 18.0 Å². The summed E-state index contributed by atoms with van der Waals surface area (Å²) in [5, 5.41) is 28.9. The number of cyclic esters (lactones) is 1. The van der Waals surface area contributed by atoms with Crippen molar-refractivity contribution in [2.24, 2.45) is 0 Å². The average Bonchev–Trinajstić information content (AvgIpc) is 3.24. The number of phenols is 3. The number of carbonyl (C=O) groups is 2. The molecule has 0 bridgehead atoms. The fourth-order valence-electron chi connectivity index (χ4n) is 3.75. The average molecular weight is 505 g/mol. The summed E-state index contributed by atoms with van der Waals surface area (Å²) >= 11 is 0. The van der Waals surface area contributed by atoms with Gasteiger partial charge in [0.25, 0.3) is 0 Å². The summed E-state index contributed by atoms with van der Waals surface area (Å²) in [5.74, 6) is -0.715. The third-order valence-corrected chi connectivity index (χ3v) is 5.85. The second-order valence-electron chi connectivity index (χ2n) is 8.97. The predicted octanol–water partition coefficient (Wildman–Crippen LogP) is 6.04. The second kappa shape index (κ2) is 13.2. The summed E-state index contributed by atoms with van der Waals surface area (Å²) in [6, 6.07) is 10.6. The van der Waals surface area contributed by atoms with Crippen molar-refractivity contribution in [1.82, 2.24) is 0 Å². The highest BCUT2D eigenvalue weighted by molar-refractivity contribution is 5.91. The van der Waals surface area contributed by atoms with Crippen molar-refractivity contribution >= 4 is 18.0 Å². The molecule has 2 aromatic carbocycles. The molecule has 0 amide bonds. The summed E-state index contributed by atoms with van der Waals surface area (Å²) < 4.78 is 10.6. The van der Waals surface area contributed by atoms with Crippen molar-refractivity contribution in [3.8, 4) is 17.2 Å². The van der Waals surface area contributed by atoms with E-state index in [4.69, 9.17) is 9.47 Å². The van der Waals surface area contributed by atoms with E-state index in [0.29, 0.717) is 24.0 Å². The largest absolute Gasteiger partial charge is 0.508 e. The number of phenolic OH excluding ortho intramolecular Hbond substituents is 3. The van der Waals surface area contributed by atoms with Crippen LogP contribution >= 0.6 is 0 Å². The number of benzene rings is 2. The highest BCUT2D eigenvalue weighted by atomic mass is 16.5. The number of hydrogen-bond acceptors (Lipinski definition) is 7. The summed E-state index contributed by atoms with van der Waals surface area (Å²) in [6.07, 6.45) is 11.0. The van der Waals surface area contributed by atoms with Crippen LogP contribution in [0.3, 0.4) is 0 Å². The lowest BCUT2D eigenvalue weighted by molar-refractivity contribution is -0.140. The van der Waals surface area contributed by atoms with Crippen LogP contribution in [0.15, 0.2) is 83.5 Å². The van der Waals surface area contributed by atoms with Crippen LogP contribution in [0.1, 0.15) is 56.8 Å². The summed E-state index contributed by atoms with van der Waals surface area (Å²) in [4.78, 5) is 24.1. The van der Waals surface area contributed by atoms with Crippen LogP contribution in [0.25, 0.3) is 6.08 Å². The lowest BCUT2D eigenvalue weighted by Gasteiger charge is -2.10. The Balaban J connectivity index is 1.39. The number of carbonyl (C=O) groups excluding carboxylic acids is 2. The fraction of sp³-hybridized carbons (Fsp3) is 0.267. The van der Waals surface area contributed by atoms with Crippen LogP contribution in [0, 0.1) is 0 Å². The van der Waals surface area contributed by atoms with E-state index in [0.717, 1.165) is 24.0 Å². The minimum absolute atomic E-state index is 0.00541. The van der Waals surface area contributed by atoms with Gasteiger partial charge in [0, 0.05) is 17.2 Å². The molecule has 3 rings (SSSR count). The van der Waals surface area contributed by atoms with Gasteiger partial charge in [0.1, 0.15) is 30.0 Å². The van der Waals surface area contributed by atoms with E-state index in [9.17, 15) is 24.9 Å². The number of ether oxygens (including phenoxy) is 2.